The van der Waals surface area contributed by atoms with Gasteiger partial charge in [-0.1, -0.05) is 352 Å². The van der Waals surface area contributed by atoms with Gasteiger partial charge in [0, 0.05) is 60.0 Å². The van der Waals surface area contributed by atoms with Gasteiger partial charge in [0.1, 0.15) is 40.2 Å². The van der Waals surface area contributed by atoms with E-state index in [4.69, 9.17) is 38.3 Å². The normalized spacial score (nSPS) is 12.6. The largest absolute Gasteiger partial charge is 0.494 e. The predicted octanol–water partition coefficient (Wildman–Crippen LogP) is 25.5. The molecule has 0 saturated carbocycles. The zero-order valence-electron chi connectivity index (χ0n) is 80.8. The summed E-state index contributed by atoms with van der Waals surface area (Å²) in [5, 5.41) is 37.0. The fraction of sp³-hybridized carbons (Fsp3) is 0.585. The van der Waals surface area contributed by atoms with Crippen LogP contribution in [0, 0.1) is 37.5 Å². The van der Waals surface area contributed by atoms with Crippen LogP contribution >= 0.6 is 11.6 Å². The second kappa shape index (κ2) is 68.4. The van der Waals surface area contributed by atoms with Crippen LogP contribution in [0.1, 0.15) is 392 Å². The number of primary amides is 2. The number of rotatable bonds is 69. The Balaban J connectivity index is 0.000000473. The minimum Gasteiger partial charge on any atom is -0.494 e. The molecule has 0 saturated heterocycles. The number of halogens is 1. The number of nitrogens with zero attached hydrogens (tertiary/aromatic N) is 4. The molecule has 2 heterocycles. The number of unbranched alkanes of at least 4 members (excludes halogenated alkanes) is 38. The van der Waals surface area contributed by atoms with Crippen LogP contribution < -0.4 is 33.6 Å². The molecule has 6 unspecified atom stereocenters. The van der Waals surface area contributed by atoms with Crippen LogP contribution in [0.3, 0.4) is 0 Å². The lowest BCUT2D eigenvalue weighted by Crippen LogP contribution is -2.34. The molecule has 0 fully saturated rings. The van der Waals surface area contributed by atoms with Crippen molar-refractivity contribution in [1.29, 1.82) is 0 Å². The molecule has 3 amide bonds. The maximum atomic E-state index is 13.8. The summed E-state index contributed by atoms with van der Waals surface area (Å²) >= 11 is 5.74. The van der Waals surface area contributed by atoms with Crippen molar-refractivity contribution in [3.63, 3.8) is 0 Å². The summed E-state index contributed by atoms with van der Waals surface area (Å²) in [6, 6.07) is 31.2. The van der Waals surface area contributed by atoms with E-state index in [9.17, 15) is 67.7 Å². The molecule has 133 heavy (non-hydrogen) atoms. The van der Waals surface area contributed by atoms with Crippen LogP contribution in [-0.2, 0) is 47.8 Å². The number of nitrogen functional groups attached to an aromatic ring is 1. The van der Waals surface area contributed by atoms with Crippen molar-refractivity contribution >= 4 is 104 Å². The molecule has 0 radical (unpaired) electrons. The van der Waals surface area contributed by atoms with Crippen molar-refractivity contribution in [3.8, 4) is 11.8 Å². The Bertz CT molecular complexity index is 4650. The number of carbonyl (C=O) groups is 10. The van der Waals surface area contributed by atoms with Crippen LogP contribution in [0.5, 0.6) is 11.8 Å². The number of nitrogens with one attached hydrogen (secondary N) is 3. The SMILES string of the molecule is CCCCCCCCCCCCCCCCCCCCCCOC(=O)C(C)CC(=O)C(CC(=O)C(CC)c1ccccc1)C(=O)Cl.CCCCCCCCCCCCCCCCCCCCCCOC(=O)C(C)CC(=O)C(CC(=O)C(CC)c1ccccc1)C(=O)Nc1ccc(N=Nc2c(C)c(C(N)=O)c(O)[nH]c2=O)cc1.Cc1c(C(N)=O)c(O)[nH]c(=O)c1N=Nc1cccc(N)c1. The second-order valence-electron chi connectivity index (χ2n) is 35.5. The number of aromatic hydroxyl groups is 2. The zero-order valence-corrected chi connectivity index (χ0v) is 81.6. The van der Waals surface area contributed by atoms with E-state index in [0.29, 0.717) is 36.5 Å². The first-order valence-electron chi connectivity index (χ1n) is 49.4. The summed E-state index contributed by atoms with van der Waals surface area (Å²) in [4.78, 5) is 156. The summed E-state index contributed by atoms with van der Waals surface area (Å²) in [7, 11) is 0. The number of azo groups is 2. The number of hydrogen-bond donors (Lipinski definition) is 8. The lowest BCUT2D eigenvalue weighted by molar-refractivity contribution is -0.150. The van der Waals surface area contributed by atoms with Gasteiger partial charge in [-0.2, -0.15) is 10.2 Å². The molecule has 6 rings (SSSR count). The Morgan fingerprint density at radius 2 is 0.707 bits per heavy atom. The average molecular weight is 1860 g/mol. The lowest BCUT2D eigenvalue weighted by Gasteiger charge is -2.20. The van der Waals surface area contributed by atoms with Crippen LogP contribution in [0.2, 0.25) is 0 Å². The molecule has 26 nitrogen and oxygen atoms in total. The van der Waals surface area contributed by atoms with Gasteiger partial charge in [0.25, 0.3) is 22.9 Å². The number of benzene rings is 4. The highest BCUT2D eigenvalue weighted by Gasteiger charge is 2.36. The number of aromatic amines is 2. The van der Waals surface area contributed by atoms with Crippen LogP contribution in [0.4, 0.5) is 34.1 Å². The number of nitrogens with two attached hydrogens (primary N) is 3. The van der Waals surface area contributed by atoms with E-state index in [0.717, 1.165) is 49.7 Å². The smallest absolute Gasteiger partial charge is 0.309 e. The molecule has 0 aliphatic heterocycles. The van der Waals surface area contributed by atoms with Crippen molar-refractivity contribution in [3.05, 3.63) is 163 Å². The van der Waals surface area contributed by atoms with Gasteiger partial charge in [-0.15, -0.1) is 10.2 Å². The molecular formula is C106H155ClN10O16. The topological polar surface area (TPSA) is 435 Å². The van der Waals surface area contributed by atoms with E-state index in [1.54, 1.807) is 38.1 Å². The van der Waals surface area contributed by atoms with Crippen LogP contribution in [0.15, 0.2) is 139 Å². The summed E-state index contributed by atoms with van der Waals surface area (Å²) in [6.45, 7) is 15.0. The van der Waals surface area contributed by atoms with Gasteiger partial charge in [0.15, 0.2) is 11.4 Å². The molecule has 732 valence electrons. The monoisotopic (exact) mass is 1860 g/mol. The summed E-state index contributed by atoms with van der Waals surface area (Å²) in [5.41, 5.74) is 17.2. The van der Waals surface area contributed by atoms with Gasteiger partial charge in [-0.05, 0) is 105 Å². The summed E-state index contributed by atoms with van der Waals surface area (Å²) < 4.78 is 10.9. The third kappa shape index (κ3) is 46.3. The molecule has 6 aromatic rings. The Kier molecular flexibility index (Phi) is 59.0. The number of anilines is 2. The highest BCUT2D eigenvalue weighted by atomic mass is 35.5. The van der Waals surface area contributed by atoms with Gasteiger partial charge in [0.2, 0.25) is 22.9 Å². The number of carbonyl (C=O) groups excluding carboxylic acids is 10. The molecule has 6 atom stereocenters. The Morgan fingerprint density at radius 3 is 1.02 bits per heavy atom. The molecule has 2 aromatic heterocycles. The molecule has 0 bridgehead atoms. The van der Waals surface area contributed by atoms with Crippen molar-refractivity contribution in [2.24, 2.45) is 55.6 Å². The number of pyridine rings is 2. The van der Waals surface area contributed by atoms with Gasteiger partial charge >= 0.3 is 11.9 Å². The van der Waals surface area contributed by atoms with E-state index in [2.05, 4.69) is 49.6 Å². The van der Waals surface area contributed by atoms with Crippen molar-refractivity contribution in [2.45, 2.75) is 363 Å². The molecule has 11 N–H and O–H groups in total. The fourth-order valence-electron chi connectivity index (χ4n) is 16.3. The third-order valence-electron chi connectivity index (χ3n) is 24.3. The van der Waals surface area contributed by atoms with Crippen molar-refractivity contribution in [1.82, 2.24) is 9.97 Å². The minimum absolute atomic E-state index is 0.0489. The summed E-state index contributed by atoms with van der Waals surface area (Å²) in [6.07, 6.45) is 52.0. The number of H-pyrrole nitrogens is 2. The Morgan fingerprint density at radius 1 is 0.391 bits per heavy atom. The number of esters is 2. The quantitative estimate of drug-likeness (QED) is 0.00439. The number of Topliss-reactive ketones (excluding diaryl/α,β-unsaturated/α-hetero) is 4. The molecule has 0 aliphatic rings. The van der Waals surface area contributed by atoms with Gasteiger partial charge in [-0.3, -0.25) is 67.5 Å². The number of ether oxygens (including phenoxy) is 2. The number of amides is 3. The molecule has 0 aliphatic carbocycles. The van der Waals surface area contributed by atoms with E-state index >= 15 is 0 Å². The van der Waals surface area contributed by atoms with Crippen molar-refractivity contribution in [2.75, 3.05) is 24.3 Å². The van der Waals surface area contributed by atoms with E-state index in [1.807, 2.05) is 74.5 Å². The standard InChI is InChI=1S/C53H77N5O8.C40H65ClO5.C13H13N5O3/c1-5-7-8-9-10-11-12-13-14-15-16-17-18-19-20-21-22-23-24-28-35-66-53(65)38(3)36-45(59)44(37-46(60)43(6-2)40-29-26-25-27-30-40)50(62)55-41-31-33-42(34-32-41)57-58-48-39(4)47(49(54)61)51(63)56-52(48)64;1-4-6-7-8-9-10-11-12-13-14-15-16-17-18-19-20-21-22-23-27-30-46-40(45)33(3)31-37(42)36(39(41)44)32-38(43)35(5-2)34-28-25-24-26-29-34;1-6-9(11(15)19)12(20)16-13(21)10(6)18-17-8-4-2-3-7(14)5-8/h25-27,29-34,38,43-44H,5-24,28,35-37H2,1-4H3,(H2,54,61)(H,55,62)(H2,56,63,64);24-26,28-29,33,35-36H,4-23,27,30-32H2,1-3H3;2-5H,14H2,1H3,(H2,15,19)(H2,16,20,21). The first-order valence-corrected chi connectivity index (χ1v) is 49.8. The van der Waals surface area contributed by atoms with Gasteiger partial charge in [-0.25, -0.2) is 0 Å². The maximum Gasteiger partial charge on any atom is 0.309 e. The Hall–Kier alpha value is -10.6. The molecule has 0 spiro atoms. The van der Waals surface area contributed by atoms with E-state index < -0.39 is 105 Å². The number of ketones is 4. The maximum absolute atomic E-state index is 13.8. The second-order valence-corrected chi connectivity index (χ2v) is 35.8. The summed E-state index contributed by atoms with van der Waals surface area (Å²) in [5.74, 6) is -11.3. The predicted molar refractivity (Wildman–Crippen MR) is 530 cm³/mol. The highest BCUT2D eigenvalue weighted by molar-refractivity contribution is 6.65. The third-order valence-corrected chi connectivity index (χ3v) is 24.6. The van der Waals surface area contributed by atoms with Crippen LogP contribution in [-0.4, -0.2) is 91.4 Å². The van der Waals surface area contributed by atoms with Crippen LogP contribution in [0.25, 0.3) is 0 Å². The van der Waals surface area contributed by atoms with Crippen molar-refractivity contribution < 1.29 is 67.6 Å². The first-order chi connectivity index (χ1) is 64.1. The van der Waals surface area contributed by atoms with Gasteiger partial charge in [0.05, 0.1) is 42.3 Å². The molecule has 27 heteroatoms. The number of aromatic nitrogens is 2. The Labute approximate surface area is 794 Å². The molecular weight excluding hydrogens is 1700 g/mol. The minimum atomic E-state index is -1.36. The number of hydrogen-bond acceptors (Lipinski definition) is 21. The van der Waals surface area contributed by atoms with E-state index in [-0.39, 0.29) is 83.2 Å². The first kappa shape index (κ1) is 115. The molecule has 4 aromatic carbocycles. The fourth-order valence-corrected chi connectivity index (χ4v) is 16.5. The van der Waals surface area contributed by atoms with E-state index in [1.165, 1.54) is 256 Å². The zero-order chi connectivity index (χ0) is 97.5. The van der Waals surface area contributed by atoms with Gasteiger partial charge < -0.3 is 42.2 Å². The average Bonchev–Trinajstić information content (AvgIpc) is 0.806. The lowest BCUT2D eigenvalue weighted by atomic mass is 9.84. The highest BCUT2D eigenvalue weighted by Crippen LogP contribution is 2.33.